The van der Waals surface area contributed by atoms with Gasteiger partial charge in [0.25, 0.3) is 0 Å². The molecule has 0 aromatic carbocycles. The summed E-state index contributed by atoms with van der Waals surface area (Å²) in [5, 5.41) is 17.7. The van der Waals surface area contributed by atoms with E-state index in [0.29, 0.717) is 17.4 Å². The molecule has 9 aromatic heterocycles. The fourth-order valence-corrected chi connectivity index (χ4v) is 11.9. The lowest BCUT2D eigenvalue weighted by Gasteiger charge is -2.30. The maximum atomic E-state index is 12.3. The number of aromatic nitrogens is 14. The van der Waals surface area contributed by atoms with Crippen LogP contribution < -0.4 is 0 Å². The van der Waals surface area contributed by atoms with Crippen LogP contribution in [0.3, 0.4) is 0 Å². The van der Waals surface area contributed by atoms with Gasteiger partial charge in [-0.2, -0.15) is 23.3 Å². The highest BCUT2D eigenvalue weighted by molar-refractivity contribution is 7.12. The first-order valence-electron chi connectivity index (χ1n) is 35.9. The van der Waals surface area contributed by atoms with Crippen molar-refractivity contribution in [1.82, 2.24) is 67.2 Å². The standard InChI is InChI=1S/C10H16O.C9H14N2.C9H12N2.C9H14N2.C9H12N2.4C9H11NS.C7H11FN2/c1-10(2,3)8-5-4-6-9(11)7-8;2*1-5-8-10-6-7-11(8)9(2,3)4;2*1-5-8-6-7-11(10-8)9(2,3)4;1-5-8-10-7(6-11-8)9(2,3)4;1-5-8-10-6-7(11-8)9(2,3)4;1-5-8-7(6-11-10-8)9(2,3)4;1-5-7-6-8(11-10-7)9(2,3)4;1-7(2,3)10-5-4-6(8)9-10/h4,6,8H,5,7H2,1-3H3;5-7H,1H2,2-4H3;1,6-7H,2-4H3;5-7H,1H2,2-4H3;1,6-7H,2-4H3;4*1,6H,2-4H3;4-5H,1-3H3. The Morgan fingerprint density at radius 2 is 1.05 bits per heavy atom. The van der Waals surface area contributed by atoms with Gasteiger partial charge in [0.2, 0.25) is 5.95 Å². The van der Waals surface area contributed by atoms with Crippen molar-refractivity contribution >= 4 is 63.7 Å². The van der Waals surface area contributed by atoms with Crippen LogP contribution in [-0.4, -0.2) is 72.9 Å². The Bertz CT molecular complexity index is 4250. The molecule has 0 fully saturated rings. The summed E-state index contributed by atoms with van der Waals surface area (Å²) in [6, 6.07) is 7.12. The molecule has 0 N–H and O–H groups in total. The van der Waals surface area contributed by atoms with E-state index >= 15 is 0 Å². The number of hydrogen-bond acceptors (Lipinski definition) is 14. The third kappa shape index (κ3) is 35.8. The van der Waals surface area contributed by atoms with Crippen LogP contribution in [0.4, 0.5) is 4.39 Å². The van der Waals surface area contributed by atoms with E-state index in [1.807, 2.05) is 101 Å². The van der Waals surface area contributed by atoms with Gasteiger partial charge in [0.05, 0.1) is 28.0 Å². The zero-order chi connectivity index (χ0) is 84.1. The van der Waals surface area contributed by atoms with Crippen LogP contribution in [0.1, 0.15) is 286 Å². The molecule has 0 bridgehead atoms. The van der Waals surface area contributed by atoms with Crippen LogP contribution in [0.25, 0.3) is 12.2 Å². The molecule has 1 unspecified atom stereocenters. The number of carbonyl (C=O) groups excluding carboxylic acids is 1. The summed E-state index contributed by atoms with van der Waals surface area (Å²) < 4.78 is 30.0. The zero-order valence-corrected chi connectivity index (χ0v) is 74.2. The highest BCUT2D eigenvalue weighted by Gasteiger charge is 2.28. The number of imidazole rings is 2. The number of hydrogen-bond donors (Lipinski definition) is 0. The van der Waals surface area contributed by atoms with Crippen molar-refractivity contribution in [3.8, 4) is 74.1 Å². The molecule has 9 heterocycles. The van der Waals surface area contributed by atoms with Crippen molar-refractivity contribution in [1.29, 1.82) is 0 Å². The minimum Gasteiger partial charge on any atom is -0.326 e. The van der Waals surface area contributed by atoms with Gasteiger partial charge < -0.3 is 9.13 Å². The van der Waals surface area contributed by atoms with E-state index in [1.165, 1.54) is 55.8 Å². The first-order chi connectivity index (χ1) is 49.8. The van der Waals surface area contributed by atoms with Crippen molar-refractivity contribution in [2.75, 3.05) is 0 Å². The minimum atomic E-state index is -0.421. The number of nitrogens with zero attached hydrogens (tertiary/aromatic N) is 14. The van der Waals surface area contributed by atoms with E-state index in [2.05, 4.69) is 284 Å². The monoisotopic (exact) mass is 1550 g/mol. The summed E-state index contributed by atoms with van der Waals surface area (Å²) in [6.07, 6.45) is 55.1. The maximum absolute atomic E-state index is 12.3. The predicted molar refractivity (Wildman–Crippen MR) is 463 cm³/mol. The van der Waals surface area contributed by atoms with Gasteiger partial charge in [-0.15, -0.1) is 66.3 Å². The molecule has 20 heteroatoms. The molecule has 0 radical (unpaired) electrons. The summed E-state index contributed by atoms with van der Waals surface area (Å²) in [6.45, 7) is 70.9. The van der Waals surface area contributed by atoms with E-state index in [1.54, 1.807) is 52.8 Å². The summed E-state index contributed by atoms with van der Waals surface area (Å²) in [5.74, 6) is 17.2. The summed E-state index contributed by atoms with van der Waals surface area (Å²) in [4.78, 5) is 30.1. The predicted octanol–water partition coefficient (Wildman–Crippen LogP) is 21.8. The van der Waals surface area contributed by atoms with Crippen molar-refractivity contribution in [2.45, 2.75) is 270 Å². The Morgan fingerprint density at radius 1 is 0.523 bits per heavy atom. The lowest BCUT2D eigenvalue weighted by Crippen LogP contribution is -2.24. The van der Waals surface area contributed by atoms with Gasteiger partial charge in [-0.1, -0.05) is 123 Å². The van der Waals surface area contributed by atoms with Gasteiger partial charge in [-0.25, -0.2) is 19.9 Å². The number of ketones is 1. The molecular weight excluding hydrogens is 1430 g/mol. The number of carbonyl (C=O) groups is 1. The topological polar surface area (TPSA) is 158 Å². The molecule has 0 saturated carbocycles. The number of halogens is 1. The normalized spacial score (nSPS) is 12.7. The smallest absolute Gasteiger partial charge is 0.232 e. The van der Waals surface area contributed by atoms with E-state index < -0.39 is 5.95 Å². The summed E-state index contributed by atoms with van der Waals surface area (Å²) in [5.41, 5.74) is 6.38. The molecule has 0 saturated heterocycles. The van der Waals surface area contributed by atoms with Crippen LogP contribution in [0.2, 0.25) is 0 Å². The van der Waals surface area contributed by atoms with E-state index in [9.17, 15) is 9.18 Å². The first-order valence-corrected chi connectivity index (χ1v) is 39.2. The fraction of sp³-hybridized carbons (Fsp3) is 0.483. The molecule has 1 atom stereocenters. The molecule has 0 amide bonds. The highest BCUT2D eigenvalue weighted by Crippen LogP contribution is 2.34. The number of rotatable bonds is 2. The Labute approximate surface area is 672 Å². The van der Waals surface area contributed by atoms with Crippen LogP contribution in [0.5, 0.6) is 0 Å². The quantitative estimate of drug-likeness (QED) is 0.153. The Kier molecular flexibility index (Phi) is 37.7. The number of thiazole rings is 2. The van der Waals surface area contributed by atoms with Crippen LogP contribution >= 0.6 is 45.7 Å². The van der Waals surface area contributed by atoms with Gasteiger partial charge in [0, 0.05) is 105 Å². The van der Waals surface area contributed by atoms with Crippen LogP contribution in [0.15, 0.2) is 110 Å². The van der Waals surface area contributed by atoms with Gasteiger partial charge >= 0.3 is 0 Å². The van der Waals surface area contributed by atoms with Gasteiger partial charge in [-0.05, 0) is 233 Å². The lowest BCUT2D eigenvalue weighted by molar-refractivity contribution is -0.116. The maximum Gasteiger partial charge on any atom is 0.232 e. The molecule has 9 aromatic rings. The number of terminal acetylenes is 6. The van der Waals surface area contributed by atoms with Gasteiger partial charge in [0.15, 0.2) is 21.6 Å². The Balaban J connectivity index is 0.000000606. The number of allylic oxidation sites excluding steroid dienone is 2. The average molecular weight is 1550 g/mol. The molecule has 0 aliphatic heterocycles. The Hall–Kier alpha value is -9.25. The molecule has 15 nitrogen and oxygen atoms in total. The van der Waals surface area contributed by atoms with Crippen LogP contribution in [0, 0.1) is 91.3 Å². The SMILES string of the molecule is C#Cc1cc(C(C)(C)C)sn1.C#Cc1ccn(C(C)(C)C)n1.C#Cc1nc(C(C)(C)C)cs1.C#Cc1ncc(C(C)(C)C)s1.C#Cc1nccn1C(C)(C)C.C#Cc1nscc1C(C)(C)C.C=Cc1ccn(C(C)(C)C)n1.C=Cc1nccn1C(C)(C)C.CC(C)(C)C1CC=CC(=O)C1.CC(C)(C)n1ccc(F)n1. The van der Waals surface area contributed by atoms with Gasteiger partial charge in [-0.3, -0.25) is 18.8 Å². The second-order valence-electron chi connectivity index (χ2n) is 35.4. The molecule has 10 rings (SSSR count). The minimum absolute atomic E-state index is 0.0229. The first kappa shape index (κ1) is 97.8. The largest absolute Gasteiger partial charge is 0.326 e. The van der Waals surface area contributed by atoms with Crippen molar-refractivity contribution < 1.29 is 9.18 Å². The lowest BCUT2D eigenvalue weighted by atomic mass is 9.74. The molecule has 1 aliphatic rings. The van der Waals surface area contributed by atoms with Crippen molar-refractivity contribution in [3.05, 3.63) is 181 Å². The van der Waals surface area contributed by atoms with E-state index in [4.69, 9.17) is 38.5 Å². The van der Waals surface area contributed by atoms with Gasteiger partial charge in [0.1, 0.15) is 22.9 Å². The highest BCUT2D eigenvalue weighted by atomic mass is 32.1. The second-order valence-corrected chi connectivity index (χ2v) is 38.7. The van der Waals surface area contributed by atoms with Crippen molar-refractivity contribution in [2.24, 2.45) is 11.3 Å². The molecule has 0 spiro atoms. The van der Waals surface area contributed by atoms with E-state index in [0.717, 1.165) is 51.5 Å². The molecule has 586 valence electrons. The molecular formula is C89H123FN14OS4. The summed E-state index contributed by atoms with van der Waals surface area (Å²) >= 11 is 6.04. The third-order valence-electron chi connectivity index (χ3n) is 15.3. The fourth-order valence-electron chi connectivity index (χ4n) is 8.61. The molecule has 109 heavy (non-hydrogen) atoms. The third-order valence-corrected chi connectivity index (χ3v) is 19.3. The second kappa shape index (κ2) is 42.1. The van der Waals surface area contributed by atoms with Crippen molar-refractivity contribution in [3.63, 3.8) is 0 Å². The average Bonchev–Trinajstić information content (AvgIpc) is 1.74. The van der Waals surface area contributed by atoms with E-state index in [-0.39, 0.29) is 60.6 Å². The summed E-state index contributed by atoms with van der Waals surface area (Å²) in [7, 11) is 0. The Morgan fingerprint density at radius 3 is 1.35 bits per heavy atom. The zero-order valence-electron chi connectivity index (χ0n) is 70.9. The van der Waals surface area contributed by atoms with Crippen LogP contribution in [-0.2, 0) is 54.1 Å². The molecule has 1 aliphatic carbocycles.